The van der Waals surface area contributed by atoms with Crippen molar-refractivity contribution in [1.29, 1.82) is 5.39 Å². The minimum atomic E-state index is -4.67. The van der Waals surface area contributed by atoms with Crippen LogP contribution in [0.4, 0.5) is 11.4 Å². The van der Waals surface area contributed by atoms with Crippen molar-refractivity contribution in [3.05, 3.63) is 46.4 Å². The van der Waals surface area contributed by atoms with E-state index >= 15 is 0 Å². The van der Waals surface area contributed by atoms with Gasteiger partial charge >= 0.3 is 11.7 Å². The van der Waals surface area contributed by atoms with Gasteiger partial charge in [-0.05, 0) is 36.6 Å². The van der Waals surface area contributed by atoms with Gasteiger partial charge in [-0.2, -0.15) is 8.42 Å². The zero-order chi connectivity index (χ0) is 29.7. The van der Waals surface area contributed by atoms with Crippen molar-refractivity contribution in [2.24, 2.45) is 0 Å². The van der Waals surface area contributed by atoms with Crippen LogP contribution in [-0.4, -0.2) is 69.5 Å². The molecule has 2 aromatic carbocycles. The fraction of sp³-hybridized carbons (Fsp3) is 0.462. The molecule has 1 aliphatic heterocycles. The number of hydrogen-bond donors (Lipinski definition) is 2. The monoisotopic (exact) mass is 579 g/mol. The molecule has 1 saturated heterocycles. The SMILES string of the molecule is CCCCOc1cc(N2CCOCC2)c(OCCCC)cc1[N+]#N.O=C([O-])c1cc(C(=O)O)cc(S(=O)(=O)O)c1. The van der Waals surface area contributed by atoms with Gasteiger partial charge in [-0.15, -0.1) is 0 Å². The van der Waals surface area contributed by atoms with Crippen LogP contribution in [0.2, 0.25) is 0 Å². The van der Waals surface area contributed by atoms with E-state index in [4.69, 9.17) is 23.9 Å². The van der Waals surface area contributed by atoms with Crippen molar-refractivity contribution in [2.45, 2.75) is 44.4 Å². The van der Waals surface area contributed by atoms with Crippen molar-refractivity contribution in [3.8, 4) is 11.5 Å². The van der Waals surface area contributed by atoms with Gasteiger partial charge in [-0.3, -0.25) is 4.55 Å². The predicted molar refractivity (Wildman–Crippen MR) is 143 cm³/mol. The molecule has 3 rings (SSSR count). The topological polar surface area (TPSA) is 191 Å². The summed E-state index contributed by atoms with van der Waals surface area (Å²) in [6, 6.07) is 5.67. The van der Waals surface area contributed by atoms with E-state index in [0.717, 1.165) is 56.3 Å². The Bertz CT molecular complexity index is 1290. The first-order chi connectivity index (χ1) is 19.0. The zero-order valence-electron chi connectivity index (χ0n) is 22.4. The molecular formula is C26H33N3O10S. The summed E-state index contributed by atoms with van der Waals surface area (Å²) in [5, 5.41) is 28.4. The minimum Gasteiger partial charge on any atom is -0.545 e. The Morgan fingerprint density at radius 1 is 1.00 bits per heavy atom. The first-order valence-electron chi connectivity index (χ1n) is 12.7. The lowest BCUT2D eigenvalue weighted by molar-refractivity contribution is -0.255. The number of carbonyl (C=O) groups is 2. The largest absolute Gasteiger partial charge is 0.545 e. The number of hydrogen-bond acceptors (Lipinski definition) is 10. The molecular weight excluding hydrogens is 546 g/mol. The summed E-state index contributed by atoms with van der Waals surface area (Å²) in [6.45, 7) is 8.53. The molecule has 0 bridgehead atoms. The van der Waals surface area contributed by atoms with E-state index in [1.165, 1.54) is 0 Å². The molecule has 1 fully saturated rings. The molecule has 0 amide bonds. The number of rotatable bonds is 12. The molecule has 0 unspecified atom stereocenters. The Labute approximate surface area is 232 Å². The lowest BCUT2D eigenvalue weighted by Crippen LogP contribution is -2.36. The van der Waals surface area contributed by atoms with Gasteiger partial charge in [0.1, 0.15) is 0 Å². The van der Waals surface area contributed by atoms with Crippen LogP contribution in [0.1, 0.15) is 60.2 Å². The maximum absolute atomic E-state index is 10.7. The highest BCUT2D eigenvalue weighted by Crippen LogP contribution is 2.40. The number of carboxylic acids is 2. The van der Waals surface area contributed by atoms with E-state index in [1.54, 1.807) is 6.07 Å². The maximum atomic E-state index is 10.7. The van der Waals surface area contributed by atoms with Crippen LogP contribution in [0.3, 0.4) is 0 Å². The van der Waals surface area contributed by atoms with Crippen LogP contribution < -0.4 is 19.5 Å². The number of aromatic carboxylic acids is 2. The van der Waals surface area contributed by atoms with E-state index in [9.17, 15) is 28.5 Å². The second kappa shape index (κ2) is 15.6. The highest BCUT2D eigenvalue weighted by atomic mass is 32.2. The molecule has 2 aromatic rings. The number of anilines is 1. The summed E-state index contributed by atoms with van der Waals surface area (Å²) in [5.74, 6) is -1.93. The molecule has 0 spiro atoms. The second-order valence-corrected chi connectivity index (χ2v) is 10.1. The fourth-order valence-electron chi connectivity index (χ4n) is 3.54. The highest BCUT2D eigenvalue weighted by molar-refractivity contribution is 7.85. The van der Waals surface area contributed by atoms with E-state index in [-0.39, 0.29) is 0 Å². The Kier molecular flexibility index (Phi) is 12.6. The quantitative estimate of drug-likeness (QED) is 0.212. The highest BCUT2D eigenvalue weighted by Gasteiger charge is 2.25. The first-order valence-corrected chi connectivity index (χ1v) is 14.1. The van der Waals surface area contributed by atoms with E-state index in [0.29, 0.717) is 50.0 Å². The number of benzene rings is 2. The Morgan fingerprint density at radius 3 is 2.08 bits per heavy atom. The fourth-order valence-corrected chi connectivity index (χ4v) is 4.09. The van der Waals surface area contributed by atoms with Crippen molar-refractivity contribution in [2.75, 3.05) is 44.4 Å². The van der Waals surface area contributed by atoms with Crippen LogP contribution in [0.15, 0.2) is 35.2 Å². The van der Waals surface area contributed by atoms with Gasteiger partial charge in [-0.25, -0.2) is 4.79 Å². The summed E-state index contributed by atoms with van der Waals surface area (Å²) in [7, 11) is -4.67. The Morgan fingerprint density at radius 2 is 1.57 bits per heavy atom. The molecule has 1 aliphatic rings. The van der Waals surface area contributed by atoms with E-state index in [2.05, 4.69) is 23.7 Å². The van der Waals surface area contributed by atoms with Gasteiger partial charge < -0.3 is 34.1 Å². The summed E-state index contributed by atoms with van der Waals surface area (Å²) in [5.41, 5.74) is 0.171. The number of carboxylic acid groups (broad SMARTS) is 2. The third-order valence-electron chi connectivity index (χ3n) is 5.70. The first kappa shape index (κ1) is 32.3. The molecule has 14 heteroatoms. The van der Waals surface area contributed by atoms with Crippen LogP contribution in [-0.2, 0) is 14.9 Å². The van der Waals surface area contributed by atoms with Gasteiger partial charge in [0.25, 0.3) is 10.1 Å². The van der Waals surface area contributed by atoms with Crippen molar-refractivity contribution < 1.29 is 47.0 Å². The minimum absolute atomic E-state index is 0.412. The van der Waals surface area contributed by atoms with Gasteiger partial charge in [0, 0.05) is 19.2 Å². The van der Waals surface area contributed by atoms with Crippen LogP contribution in [0, 0.1) is 5.39 Å². The predicted octanol–water partition coefficient (Wildman–Crippen LogP) is 3.36. The van der Waals surface area contributed by atoms with E-state index in [1.807, 2.05) is 6.07 Å². The third kappa shape index (κ3) is 9.67. The molecule has 0 atom stereocenters. The Hall–Kier alpha value is -3.93. The third-order valence-corrected chi connectivity index (χ3v) is 6.53. The Balaban J connectivity index is 0.000000305. The smallest absolute Gasteiger partial charge is 0.430 e. The van der Waals surface area contributed by atoms with Crippen LogP contribution in [0.25, 0.3) is 4.98 Å². The number of carbonyl (C=O) groups excluding carboxylic acids is 1. The molecule has 0 saturated carbocycles. The average Bonchev–Trinajstić information content (AvgIpc) is 2.93. The normalized spacial score (nSPS) is 13.0. The number of diazo groups is 1. The summed E-state index contributed by atoms with van der Waals surface area (Å²) in [6.07, 6.45) is 4.08. The standard InChI is InChI=1S/C18H28N3O3.C8H6O7S/c1-3-5-9-23-17-14-16(21-7-11-22-12-8-21)18(13-15(17)20-19)24-10-6-4-2;9-7(10)4-1-5(8(11)12)3-6(2-4)16(13,14)15/h13-14H,3-12H2,1-2H3;1-3H,(H,9,10)(H,11,12)(H,13,14,15)/q+1;/p-1. The molecule has 0 aromatic heterocycles. The molecule has 2 N–H and O–H groups in total. The van der Waals surface area contributed by atoms with Crippen LogP contribution in [0.5, 0.6) is 11.5 Å². The van der Waals surface area contributed by atoms with Crippen molar-refractivity contribution in [1.82, 2.24) is 0 Å². The summed E-state index contributed by atoms with van der Waals surface area (Å²) < 4.78 is 47.3. The summed E-state index contributed by atoms with van der Waals surface area (Å²) >= 11 is 0. The lowest BCUT2D eigenvalue weighted by atomic mass is 10.1. The molecule has 0 radical (unpaired) electrons. The number of unbranched alkanes of at least 4 members (excludes halogenated alkanes) is 2. The zero-order valence-corrected chi connectivity index (χ0v) is 23.2. The molecule has 1 heterocycles. The molecule has 218 valence electrons. The van der Waals surface area contributed by atoms with Gasteiger partial charge in [0.05, 0.1) is 54.6 Å². The number of ether oxygens (including phenoxy) is 3. The number of nitrogens with zero attached hydrogens (tertiary/aromatic N) is 3. The van der Waals surface area contributed by atoms with Gasteiger partial charge in [-0.1, -0.05) is 26.7 Å². The molecule has 40 heavy (non-hydrogen) atoms. The number of morpholine rings is 1. The van der Waals surface area contributed by atoms with Crippen LogP contribution >= 0.6 is 0 Å². The van der Waals surface area contributed by atoms with Gasteiger partial charge in [0.2, 0.25) is 11.1 Å². The van der Waals surface area contributed by atoms with Gasteiger partial charge in [0.15, 0.2) is 10.7 Å². The summed E-state index contributed by atoms with van der Waals surface area (Å²) in [4.78, 5) is 25.8. The maximum Gasteiger partial charge on any atom is 0.430 e. The molecule has 0 aliphatic carbocycles. The van der Waals surface area contributed by atoms with Crippen molar-refractivity contribution in [3.63, 3.8) is 0 Å². The molecule has 13 nitrogen and oxygen atoms in total. The average molecular weight is 580 g/mol. The van der Waals surface area contributed by atoms with E-state index < -0.39 is 38.1 Å². The lowest BCUT2D eigenvalue weighted by Gasteiger charge is -2.30. The second-order valence-electron chi connectivity index (χ2n) is 8.70. The van der Waals surface area contributed by atoms with Crippen molar-refractivity contribution >= 4 is 33.4 Å².